The summed E-state index contributed by atoms with van der Waals surface area (Å²) in [7, 11) is 1.30. The first kappa shape index (κ1) is 13.8. The van der Waals surface area contributed by atoms with Crippen molar-refractivity contribution in [3.05, 3.63) is 55.6 Å². The van der Waals surface area contributed by atoms with Crippen molar-refractivity contribution in [2.24, 2.45) is 0 Å². The number of ether oxygens (including phenoxy) is 1. The minimum absolute atomic E-state index is 0.0151. The molecule has 102 valence electrons. The summed E-state index contributed by atoms with van der Waals surface area (Å²) in [5, 5.41) is 8.36. The summed E-state index contributed by atoms with van der Waals surface area (Å²) in [5.74, 6) is -1.24. The van der Waals surface area contributed by atoms with Crippen LogP contribution >= 0.6 is 11.6 Å². The van der Waals surface area contributed by atoms with Gasteiger partial charge in [0, 0.05) is 0 Å². The topological polar surface area (TPSA) is 87.9 Å². The van der Waals surface area contributed by atoms with Gasteiger partial charge < -0.3 is 4.74 Å². The fourth-order valence-electron chi connectivity index (χ4n) is 1.70. The van der Waals surface area contributed by atoms with E-state index in [0.29, 0.717) is 4.57 Å². The summed E-state index contributed by atoms with van der Waals surface area (Å²) in [6.45, 7) is 0. The van der Waals surface area contributed by atoms with Crippen LogP contribution in [-0.4, -0.2) is 16.7 Å². The van der Waals surface area contributed by atoms with Crippen LogP contribution in [-0.2, 0) is 0 Å². The molecule has 1 heterocycles. The van der Waals surface area contributed by atoms with Gasteiger partial charge in [-0.25, -0.2) is 9.36 Å². The second-order valence-corrected chi connectivity index (χ2v) is 4.04. The van der Waals surface area contributed by atoms with Crippen LogP contribution in [0.5, 0.6) is 5.75 Å². The molecule has 8 heteroatoms. The van der Waals surface area contributed by atoms with Crippen molar-refractivity contribution in [2.75, 3.05) is 7.11 Å². The summed E-state index contributed by atoms with van der Waals surface area (Å²) < 4.78 is 19.0. The first-order chi connectivity index (χ1) is 9.51. The quantitative estimate of drug-likeness (QED) is 0.843. The van der Waals surface area contributed by atoms with Crippen LogP contribution in [0.2, 0.25) is 5.15 Å². The van der Waals surface area contributed by atoms with Crippen LogP contribution in [0.1, 0.15) is 5.56 Å². The molecule has 0 atom stereocenters. The molecule has 0 unspecified atom stereocenters. The molecule has 0 aliphatic carbocycles. The average Bonchev–Trinajstić information content (AvgIpc) is 2.45. The number of halogens is 2. The van der Waals surface area contributed by atoms with Crippen molar-refractivity contribution < 1.29 is 9.13 Å². The van der Waals surface area contributed by atoms with Crippen LogP contribution in [0.25, 0.3) is 5.69 Å². The lowest BCUT2D eigenvalue weighted by Crippen LogP contribution is -2.36. The number of benzene rings is 1. The minimum Gasteiger partial charge on any atom is -0.495 e. The Bertz CT molecular complexity index is 835. The largest absolute Gasteiger partial charge is 0.495 e. The Morgan fingerprint density at radius 2 is 2.15 bits per heavy atom. The zero-order valence-electron chi connectivity index (χ0n) is 10.1. The fourth-order valence-corrected chi connectivity index (χ4v) is 1.86. The summed E-state index contributed by atoms with van der Waals surface area (Å²) in [5.41, 5.74) is -2.39. The monoisotopic (exact) mass is 295 g/mol. The molecule has 2 aromatic rings. The molecule has 0 spiro atoms. The molecule has 0 radical (unpaired) electrons. The van der Waals surface area contributed by atoms with Crippen molar-refractivity contribution in [3.8, 4) is 17.5 Å². The Labute approximate surface area is 116 Å². The fraction of sp³-hybridized carbons (Fsp3) is 0.0833. The van der Waals surface area contributed by atoms with Gasteiger partial charge in [0.05, 0.1) is 12.7 Å². The molecule has 0 aliphatic rings. The zero-order chi connectivity index (χ0) is 14.9. The first-order valence-electron chi connectivity index (χ1n) is 5.29. The van der Waals surface area contributed by atoms with Crippen molar-refractivity contribution in [3.63, 3.8) is 0 Å². The highest BCUT2D eigenvalue weighted by atomic mass is 35.5. The number of H-pyrrole nitrogens is 1. The number of methoxy groups -OCH3 is 1. The van der Waals surface area contributed by atoms with Crippen LogP contribution in [0.3, 0.4) is 0 Å². The Kier molecular flexibility index (Phi) is 3.59. The summed E-state index contributed by atoms with van der Waals surface area (Å²) in [4.78, 5) is 25.7. The van der Waals surface area contributed by atoms with E-state index in [1.54, 1.807) is 0 Å². The van der Waals surface area contributed by atoms with Crippen molar-refractivity contribution in [1.29, 1.82) is 5.26 Å². The maximum atomic E-state index is 13.6. The summed E-state index contributed by atoms with van der Waals surface area (Å²) >= 11 is 5.39. The number of hydrogen-bond acceptors (Lipinski definition) is 4. The molecule has 0 amide bonds. The van der Waals surface area contributed by atoms with E-state index in [4.69, 9.17) is 21.6 Å². The van der Waals surface area contributed by atoms with Gasteiger partial charge in [-0.05, 0) is 12.1 Å². The first-order valence-corrected chi connectivity index (χ1v) is 5.66. The molecule has 1 N–H and O–H groups in total. The number of nitrogens with zero attached hydrogens (tertiary/aromatic N) is 2. The lowest BCUT2D eigenvalue weighted by Gasteiger charge is -2.11. The summed E-state index contributed by atoms with van der Waals surface area (Å²) in [6, 6.07) is 6.13. The number of rotatable bonds is 2. The van der Waals surface area contributed by atoms with Gasteiger partial charge in [0.25, 0.3) is 5.56 Å². The number of aromatic amines is 1. The van der Waals surface area contributed by atoms with E-state index in [9.17, 15) is 14.0 Å². The highest BCUT2D eigenvalue weighted by Crippen LogP contribution is 2.24. The summed E-state index contributed by atoms with van der Waals surface area (Å²) in [6.07, 6.45) is 0. The molecule has 0 saturated carbocycles. The number of para-hydroxylation sites is 1. The lowest BCUT2D eigenvalue weighted by atomic mass is 10.1. The van der Waals surface area contributed by atoms with E-state index in [0.717, 1.165) is 0 Å². The zero-order valence-corrected chi connectivity index (χ0v) is 10.9. The molecular formula is C12H7ClFN3O3. The van der Waals surface area contributed by atoms with E-state index in [-0.39, 0.29) is 17.0 Å². The van der Waals surface area contributed by atoms with E-state index in [1.807, 2.05) is 11.1 Å². The van der Waals surface area contributed by atoms with E-state index >= 15 is 0 Å². The molecule has 0 saturated heterocycles. The molecule has 20 heavy (non-hydrogen) atoms. The van der Waals surface area contributed by atoms with Gasteiger partial charge in [-0.15, -0.1) is 0 Å². The lowest BCUT2D eigenvalue weighted by molar-refractivity contribution is 0.411. The van der Waals surface area contributed by atoms with Gasteiger partial charge in [-0.2, -0.15) is 9.65 Å². The average molecular weight is 296 g/mol. The van der Waals surface area contributed by atoms with Gasteiger partial charge in [0.15, 0.2) is 5.15 Å². The van der Waals surface area contributed by atoms with Crippen molar-refractivity contribution in [1.82, 2.24) is 9.55 Å². The van der Waals surface area contributed by atoms with Crippen LogP contribution < -0.4 is 16.0 Å². The maximum Gasteiger partial charge on any atom is 0.334 e. The molecule has 1 aromatic carbocycles. The number of hydrogen-bond donors (Lipinski definition) is 1. The molecule has 2 rings (SSSR count). The van der Waals surface area contributed by atoms with Gasteiger partial charge in [0.2, 0.25) is 5.82 Å². The van der Waals surface area contributed by atoms with Gasteiger partial charge in [-0.1, -0.05) is 17.7 Å². The highest BCUT2D eigenvalue weighted by Gasteiger charge is 2.19. The SMILES string of the molecule is COc1cccc(C#N)c1-n1c(=O)[nH]c(Cl)c(F)c1=O. The standard InChI is InChI=1S/C12H7ClFN3O3/c1-20-7-4-2-3-6(5-15)9(7)17-11(18)8(14)10(13)16-12(17)19/h2-4H,1H3,(H,16,19). The highest BCUT2D eigenvalue weighted by molar-refractivity contribution is 6.29. The number of nitrogens with one attached hydrogen (secondary N) is 1. The molecule has 0 aliphatic heterocycles. The smallest absolute Gasteiger partial charge is 0.334 e. The van der Waals surface area contributed by atoms with E-state index < -0.39 is 22.2 Å². The third-order valence-electron chi connectivity index (χ3n) is 2.57. The van der Waals surface area contributed by atoms with Crippen molar-refractivity contribution >= 4 is 11.6 Å². The Morgan fingerprint density at radius 1 is 1.45 bits per heavy atom. The molecule has 1 aromatic heterocycles. The number of aromatic nitrogens is 2. The van der Waals surface area contributed by atoms with Crippen LogP contribution in [0.15, 0.2) is 27.8 Å². The van der Waals surface area contributed by atoms with E-state index in [1.165, 1.54) is 25.3 Å². The predicted molar refractivity (Wildman–Crippen MR) is 68.9 cm³/mol. The molecule has 6 nitrogen and oxygen atoms in total. The van der Waals surface area contributed by atoms with E-state index in [2.05, 4.69) is 0 Å². The third-order valence-corrected chi connectivity index (χ3v) is 2.83. The predicted octanol–water partition coefficient (Wildman–Crippen LogP) is 1.20. The molecule has 0 bridgehead atoms. The Morgan fingerprint density at radius 3 is 2.75 bits per heavy atom. The van der Waals surface area contributed by atoms with Gasteiger partial charge in [0.1, 0.15) is 17.5 Å². The van der Waals surface area contributed by atoms with Gasteiger partial charge in [-0.3, -0.25) is 9.78 Å². The van der Waals surface area contributed by atoms with Crippen LogP contribution in [0, 0.1) is 17.1 Å². The second-order valence-electron chi connectivity index (χ2n) is 3.67. The third kappa shape index (κ3) is 2.06. The number of nitriles is 1. The second kappa shape index (κ2) is 5.19. The van der Waals surface area contributed by atoms with Crippen LogP contribution in [0.4, 0.5) is 4.39 Å². The van der Waals surface area contributed by atoms with Crippen molar-refractivity contribution in [2.45, 2.75) is 0 Å². The molecule has 0 fully saturated rings. The maximum absolute atomic E-state index is 13.6. The Balaban J connectivity index is 2.97. The minimum atomic E-state index is -1.32. The normalized spacial score (nSPS) is 10.1. The van der Waals surface area contributed by atoms with Gasteiger partial charge >= 0.3 is 5.69 Å². The Hall–Kier alpha value is -2.59. The molecular weight excluding hydrogens is 289 g/mol.